The maximum atomic E-state index is 14.0. The molecule has 0 spiro atoms. The highest BCUT2D eigenvalue weighted by atomic mass is 32.2. The molecule has 3 aromatic rings. The first kappa shape index (κ1) is 17.6. The summed E-state index contributed by atoms with van der Waals surface area (Å²) in [6.07, 6.45) is 0. The molecule has 2 aromatic carbocycles. The number of aryl methyl sites for hydroxylation is 1. The van der Waals surface area contributed by atoms with E-state index in [0.717, 1.165) is 22.4 Å². The quantitative estimate of drug-likeness (QED) is 0.751. The van der Waals surface area contributed by atoms with Crippen molar-refractivity contribution in [1.82, 2.24) is 9.78 Å². The predicted molar refractivity (Wildman–Crippen MR) is 103 cm³/mol. The molecule has 4 rings (SSSR count). The van der Waals surface area contributed by atoms with Gasteiger partial charge in [-0.25, -0.2) is 9.07 Å². The number of nitrogens with one attached hydrogen (secondary N) is 1. The second kappa shape index (κ2) is 6.74. The van der Waals surface area contributed by atoms with Gasteiger partial charge in [0.2, 0.25) is 0 Å². The van der Waals surface area contributed by atoms with Crippen LogP contribution in [0.15, 0.2) is 42.5 Å². The third-order valence-electron chi connectivity index (χ3n) is 4.82. The molecule has 1 aliphatic heterocycles. The fourth-order valence-electron chi connectivity index (χ4n) is 3.22. The van der Waals surface area contributed by atoms with Crippen LogP contribution in [0.4, 0.5) is 10.2 Å². The van der Waals surface area contributed by atoms with Gasteiger partial charge in [-0.1, -0.05) is 24.3 Å². The third kappa shape index (κ3) is 3.08. The van der Waals surface area contributed by atoms with Crippen molar-refractivity contribution in [3.8, 4) is 5.69 Å². The molecular formula is C20H18FN3O2S. The van der Waals surface area contributed by atoms with Gasteiger partial charge in [0.05, 0.1) is 28.5 Å². The van der Waals surface area contributed by atoms with Gasteiger partial charge in [-0.2, -0.15) is 5.10 Å². The number of carbonyl (C=O) groups is 1. The van der Waals surface area contributed by atoms with E-state index in [4.69, 9.17) is 0 Å². The number of amides is 1. The van der Waals surface area contributed by atoms with Gasteiger partial charge >= 0.3 is 0 Å². The largest absolute Gasteiger partial charge is 0.306 e. The van der Waals surface area contributed by atoms with E-state index in [1.165, 1.54) is 18.2 Å². The number of benzene rings is 2. The summed E-state index contributed by atoms with van der Waals surface area (Å²) < 4.78 is 27.7. The van der Waals surface area contributed by atoms with Crippen molar-refractivity contribution >= 4 is 22.5 Å². The zero-order valence-electron chi connectivity index (χ0n) is 15.0. The Bertz CT molecular complexity index is 1090. The number of halogens is 1. The van der Waals surface area contributed by atoms with Gasteiger partial charge in [-0.05, 0) is 43.2 Å². The smallest absolute Gasteiger partial charge is 0.259 e. The molecule has 138 valence electrons. The topological polar surface area (TPSA) is 64.0 Å². The molecular weight excluding hydrogens is 365 g/mol. The SMILES string of the molecule is Cc1cccc(-n2nc3c(c2NC(=O)c2ccccc2F)C[S@@](=O)C3)c1C. The maximum Gasteiger partial charge on any atom is 0.259 e. The van der Waals surface area contributed by atoms with Crippen LogP contribution in [0.3, 0.4) is 0 Å². The van der Waals surface area contributed by atoms with Crippen molar-refractivity contribution in [2.45, 2.75) is 25.4 Å². The summed E-state index contributed by atoms with van der Waals surface area (Å²) in [4.78, 5) is 12.7. The number of rotatable bonds is 3. The minimum Gasteiger partial charge on any atom is -0.306 e. The van der Waals surface area contributed by atoms with Crippen molar-refractivity contribution in [1.29, 1.82) is 0 Å². The fourth-order valence-corrected chi connectivity index (χ4v) is 4.48. The summed E-state index contributed by atoms with van der Waals surface area (Å²) in [7, 11) is -1.04. The monoisotopic (exact) mass is 383 g/mol. The number of hydrogen-bond donors (Lipinski definition) is 1. The van der Waals surface area contributed by atoms with Crippen LogP contribution in [0, 0.1) is 19.7 Å². The summed E-state index contributed by atoms with van der Waals surface area (Å²) >= 11 is 0. The molecule has 7 heteroatoms. The molecule has 0 saturated carbocycles. The lowest BCUT2D eigenvalue weighted by molar-refractivity contribution is 0.102. The molecule has 1 amide bonds. The molecule has 1 aliphatic rings. The highest BCUT2D eigenvalue weighted by Crippen LogP contribution is 2.33. The Hall–Kier alpha value is -2.80. The molecule has 1 aromatic heterocycles. The highest BCUT2D eigenvalue weighted by molar-refractivity contribution is 7.83. The zero-order valence-corrected chi connectivity index (χ0v) is 15.8. The van der Waals surface area contributed by atoms with Crippen LogP contribution in [0.5, 0.6) is 0 Å². The minimum absolute atomic E-state index is 0.0425. The van der Waals surface area contributed by atoms with Crippen molar-refractivity contribution < 1.29 is 13.4 Å². The van der Waals surface area contributed by atoms with Crippen LogP contribution in [0.1, 0.15) is 32.7 Å². The van der Waals surface area contributed by atoms with Gasteiger partial charge in [0.1, 0.15) is 11.6 Å². The Balaban J connectivity index is 1.82. The number of fused-ring (bicyclic) bond motifs is 1. The maximum absolute atomic E-state index is 14.0. The third-order valence-corrected chi connectivity index (χ3v) is 6.03. The van der Waals surface area contributed by atoms with Crippen LogP contribution >= 0.6 is 0 Å². The van der Waals surface area contributed by atoms with E-state index in [-0.39, 0.29) is 5.56 Å². The molecule has 5 nitrogen and oxygen atoms in total. The van der Waals surface area contributed by atoms with E-state index in [1.54, 1.807) is 10.7 Å². The van der Waals surface area contributed by atoms with Crippen molar-refractivity contribution in [2.24, 2.45) is 0 Å². The van der Waals surface area contributed by atoms with E-state index < -0.39 is 22.5 Å². The molecule has 0 aliphatic carbocycles. The van der Waals surface area contributed by atoms with Gasteiger partial charge in [0.25, 0.3) is 5.91 Å². The van der Waals surface area contributed by atoms with Gasteiger partial charge in [-0.3, -0.25) is 9.00 Å². The van der Waals surface area contributed by atoms with Crippen molar-refractivity contribution in [3.05, 3.63) is 76.2 Å². The first-order valence-corrected chi connectivity index (χ1v) is 10.0. The Morgan fingerprint density at radius 3 is 2.70 bits per heavy atom. The van der Waals surface area contributed by atoms with E-state index >= 15 is 0 Å². The van der Waals surface area contributed by atoms with Gasteiger partial charge in [0.15, 0.2) is 0 Å². The molecule has 0 fully saturated rings. The van der Waals surface area contributed by atoms with Crippen LogP contribution in [0.2, 0.25) is 0 Å². The van der Waals surface area contributed by atoms with E-state index in [9.17, 15) is 13.4 Å². The predicted octanol–water partition coefficient (Wildman–Crippen LogP) is 3.64. The number of anilines is 1. The average molecular weight is 383 g/mol. The average Bonchev–Trinajstić information content (AvgIpc) is 3.15. The van der Waals surface area contributed by atoms with Gasteiger partial charge < -0.3 is 5.32 Å². The molecule has 0 saturated heterocycles. The van der Waals surface area contributed by atoms with Gasteiger partial charge in [0, 0.05) is 16.4 Å². The first-order valence-electron chi connectivity index (χ1n) is 8.54. The van der Waals surface area contributed by atoms with Crippen LogP contribution in [0.25, 0.3) is 5.69 Å². The molecule has 1 atom stereocenters. The number of carbonyl (C=O) groups excluding carboxylic acids is 1. The van der Waals surface area contributed by atoms with E-state index in [2.05, 4.69) is 10.4 Å². The molecule has 0 radical (unpaired) electrons. The Labute approximate surface area is 158 Å². The summed E-state index contributed by atoms with van der Waals surface area (Å²) in [5.74, 6) is -0.00563. The zero-order chi connectivity index (χ0) is 19.1. The number of aromatic nitrogens is 2. The van der Waals surface area contributed by atoms with E-state index in [1.807, 2.05) is 32.0 Å². The van der Waals surface area contributed by atoms with E-state index in [0.29, 0.717) is 23.0 Å². The molecule has 27 heavy (non-hydrogen) atoms. The molecule has 2 heterocycles. The minimum atomic E-state index is -1.04. The second-order valence-corrected chi connectivity index (χ2v) is 8.02. The first-order chi connectivity index (χ1) is 13.0. The second-order valence-electron chi connectivity index (χ2n) is 6.57. The van der Waals surface area contributed by atoms with Crippen molar-refractivity contribution in [3.63, 3.8) is 0 Å². The van der Waals surface area contributed by atoms with Crippen LogP contribution < -0.4 is 5.32 Å². The standard InChI is InChI=1S/C20H18FN3O2S/c1-12-6-5-9-18(13(12)2)24-19(15-10-27(26)11-17(15)23-24)22-20(25)14-7-3-4-8-16(14)21/h3-9H,10-11H2,1-2H3,(H,22,25)/t27-/m1/s1. The normalized spacial score (nSPS) is 15.6. The summed E-state index contributed by atoms with van der Waals surface area (Å²) in [5, 5.41) is 7.40. The van der Waals surface area contributed by atoms with Crippen molar-refractivity contribution in [2.75, 3.05) is 5.32 Å². The Morgan fingerprint density at radius 1 is 1.15 bits per heavy atom. The lowest BCUT2D eigenvalue weighted by Gasteiger charge is -2.14. The Morgan fingerprint density at radius 2 is 1.93 bits per heavy atom. The molecule has 0 unspecified atom stereocenters. The number of nitrogens with zero attached hydrogens (tertiary/aromatic N) is 2. The molecule has 1 N–H and O–H groups in total. The highest BCUT2D eigenvalue weighted by Gasteiger charge is 2.29. The fraction of sp³-hybridized carbons (Fsp3) is 0.200. The summed E-state index contributed by atoms with van der Waals surface area (Å²) in [6, 6.07) is 11.7. The Kier molecular flexibility index (Phi) is 4.39. The summed E-state index contributed by atoms with van der Waals surface area (Å²) in [6.45, 7) is 3.99. The van der Waals surface area contributed by atoms with Crippen LogP contribution in [-0.2, 0) is 22.3 Å². The summed E-state index contributed by atoms with van der Waals surface area (Å²) in [5.41, 5.74) is 4.37. The lowest BCUT2D eigenvalue weighted by Crippen LogP contribution is -2.18. The molecule has 0 bridgehead atoms. The lowest BCUT2D eigenvalue weighted by atomic mass is 10.1. The number of hydrogen-bond acceptors (Lipinski definition) is 3. The van der Waals surface area contributed by atoms with Crippen LogP contribution in [-0.4, -0.2) is 19.9 Å². The van der Waals surface area contributed by atoms with Gasteiger partial charge in [-0.15, -0.1) is 0 Å².